The Morgan fingerprint density at radius 1 is 0.250 bits per heavy atom. The Hall–Kier alpha value is -2.37. The molecule has 0 rings (SSSR count). The first-order chi connectivity index (χ1) is 39.5. The minimum Gasteiger partial charge on any atom is -0.462 e. The summed E-state index contributed by atoms with van der Waals surface area (Å²) in [5.41, 5.74) is 0. The fraction of sp³-hybridized carbons (Fsp3) is 0.878. The molecule has 0 bridgehead atoms. The van der Waals surface area contributed by atoms with Crippen LogP contribution < -0.4 is 0 Å². The monoisotopic (exact) mass is 1120 g/mol. The lowest BCUT2D eigenvalue weighted by Crippen LogP contribution is -2.30. The van der Waals surface area contributed by atoms with E-state index in [1.807, 2.05) is 0 Å². The van der Waals surface area contributed by atoms with E-state index < -0.39 is 6.10 Å². The van der Waals surface area contributed by atoms with Gasteiger partial charge in [0, 0.05) is 19.3 Å². The zero-order valence-corrected chi connectivity index (χ0v) is 54.1. The SMILES string of the molecule is CCCCCCC/C=C\C/C=C\C/C=C\CCCCCCCCC(=O)OC(COC(=O)CCCCCCCCCCCC)COC(=O)CCCCCCCCCCCCCCCCCCCCCCCCCCCCCCCCC. The van der Waals surface area contributed by atoms with Crippen molar-refractivity contribution in [3.05, 3.63) is 36.5 Å². The third kappa shape index (κ3) is 66.4. The van der Waals surface area contributed by atoms with Crippen molar-refractivity contribution in [2.45, 2.75) is 406 Å². The Morgan fingerprint density at radius 3 is 0.700 bits per heavy atom. The molecule has 6 heteroatoms. The largest absolute Gasteiger partial charge is 0.462 e. The number of rotatable bonds is 67. The van der Waals surface area contributed by atoms with Gasteiger partial charge in [0.05, 0.1) is 0 Å². The summed E-state index contributed by atoms with van der Waals surface area (Å²) in [5.74, 6) is -0.860. The molecule has 0 spiro atoms. The number of allylic oxidation sites excluding steroid dienone is 6. The summed E-state index contributed by atoms with van der Waals surface area (Å²) in [6.45, 7) is 6.67. The maximum Gasteiger partial charge on any atom is 0.306 e. The molecule has 0 aromatic carbocycles. The van der Waals surface area contributed by atoms with Crippen molar-refractivity contribution in [1.82, 2.24) is 0 Å². The molecule has 0 radical (unpaired) electrons. The Bertz CT molecular complexity index is 1340. The molecule has 0 aliphatic heterocycles. The molecular weight excluding hydrogens is 985 g/mol. The van der Waals surface area contributed by atoms with Crippen LogP contribution in [0.4, 0.5) is 0 Å². The first-order valence-electron chi connectivity index (χ1n) is 36.0. The quantitative estimate of drug-likeness (QED) is 0.0261. The van der Waals surface area contributed by atoms with Crippen LogP contribution in [0.5, 0.6) is 0 Å². The molecule has 0 N–H and O–H groups in total. The van der Waals surface area contributed by atoms with E-state index in [2.05, 4.69) is 57.2 Å². The summed E-state index contributed by atoms with van der Waals surface area (Å²) in [6.07, 6.45) is 86.3. The number of carbonyl (C=O) groups is 3. The summed E-state index contributed by atoms with van der Waals surface area (Å²) in [6, 6.07) is 0. The summed E-state index contributed by atoms with van der Waals surface area (Å²) in [5, 5.41) is 0. The second-order valence-corrected chi connectivity index (χ2v) is 24.5. The first kappa shape index (κ1) is 77.6. The van der Waals surface area contributed by atoms with Gasteiger partial charge in [0.2, 0.25) is 0 Å². The lowest BCUT2D eigenvalue weighted by Gasteiger charge is -2.18. The Balaban J connectivity index is 4.10. The first-order valence-corrected chi connectivity index (χ1v) is 36.0. The van der Waals surface area contributed by atoms with Crippen LogP contribution in [0.3, 0.4) is 0 Å². The zero-order valence-electron chi connectivity index (χ0n) is 54.1. The minimum absolute atomic E-state index is 0.0723. The molecule has 0 fully saturated rings. The van der Waals surface area contributed by atoms with E-state index in [4.69, 9.17) is 14.2 Å². The van der Waals surface area contributed by atoms with Crippen LogP contribution in [-0.2, 0) is 28.6 Å². The van der Waals surface area contributed by atoms with Gasteiger partial charge in [0.25, 0.3) is 0 Å². The molecule has 0 aliphatic carbocycles. The third-order valence-corrected chi connectivity index (χ3v) is 16.4. The van der Waals surface area contributed by atoms with E-state index >= 15 is 0 Å². The molecule has 0 amide bonds. The van der Waals surface area contributed by atoms with Crippen LogP contribution in [0, 0.1) is 0 Å². The minimum atomic E-state index is -0.776. The number of hydrogen-bond donors (Lipinski definition) is 0. The molecule has 1 unspecified atom stereocenters. The average Bonchev–Trinajstić information content (AvgIpc) is 3.46. The molecule has 470 valence electrons. The molecule has 1 atom stereocenters. The van der Waals surface area contributed by atoms with Gasteiger partial charge in [0.15, 0.2) is 6.10 Å². The van der Waals surface area contributed by atoms with Crippen LogP contribution in [0.2, 0.25) is 0 Å². The van der Waals surface area contributed by atoms with E-state index in [0.717, 1.165) is 77.0 Å². The molecule has 6 nitrogen and oxygen atoms in total. The number of hydrogen-bond acceptors (Lipinski definition) is 6. The second kappa shape index (κ2) is 69.1. The molecule has 0 saturated heterocycles. The standard InChI is InChI=1S/C74H138O6/c1-4-7-10-13-16-19-22-24-26-28-30-32-33-34-35-36-37-38-39-40-41-43-44-46-48-50-52-55-58-61-64-67-73(76)79-70-71(69-78-72(75)66-63-60-57-54-21-18-15-12-9-6-3)80-74(77)68-65-62-59-56-53-51-49-47-45-42-31-29-27-25-23-20-17-14-11-8-5-2/h23,25,29,31,45,47,71H,4-22,24,26-28,30,32-44,46,48-70H2,1-3H3/b25-23-,31-29-,47-45-. The highest BCUT2D eigenvalue weighted by atomic mass is 16.6. The van der Waals surface area contributed by atoms with Crippen molar-refractivity contribution >= 4 is 17.9 Å². The molecule has 0 heterocycles. The highest BCUT2D eigenvalue weighted by Gasteiger charge is 2.19. The van der Waals surface area contributed by atoms with Crippen molar-refractivity contribution in [1.29, 1.82) is 0 Å². The van der Waals surface area contributed by atoms with Gasteiger partial charge in [-0.25, -0.2) is 0 Å². The Morgan fingerprint density at radius 2 is 0.450 bits per heavy atom. The van der Waals surface area contributed by atoms with Crippen LogP contribution in [0.15, 0.2) is 36.5 Å². The van der Waals surface area contributed by atoms with Gasteiger partial charge in [-0.15, -0.1) is 0 Å². The molecule has 0 aromatic rings. The lowest BCUT2D eigenvalue weighted by molar-refractivity contribution is -0.167. The number of carbonyl (C=O) groups excluding carboxylic acids is 3. The molecule has 80 heavy (non-hydrogen) atoms. The second-order valence-electron chi connectivity index (χ2n) is 24.5. The molecule has 0 saturated carbocycles. The normalized spacial score (nSPS) is 12.2. The summed E-state index contributed by atoms with van der Waals surface area (Å²) in [7, 11) is 0. The molecule has 0 aliphatic rings. The predicted octanol–water partition coefficient (Wildman–Crippen LogP) is 24.7. The smallest absolute Gasteiger partial charge is 0.306 e. The topological polar surface area (TPSA) is 78.9 Å². The lowest BCUT2D eigenvalue weighted by atomic mass is 10.0. The van der Waals surface area contributed by atoms with Gasteiger partial charge >= 0.3 is 17.9 Å². The highest BCUT2D eigenvalue weighted by molar-refractivity contribution is 5.71. The van der Waals surface area contributed by atoms with Crippen LogP contribution in [0.1, 0.15) is 400 Å². The average molecular weight is 1120 g/mol. The summed E-state index contributed by atoms with van der Waals surface area (Å²) in [4.78, 5) is 38.3. The summed E-state index contributed by atoms with van der Waals surface area (Å²) >= 11 is 0. The van der Waals surface area contributed by atoms with Crippen molar-refractivity contribution in [2.75, 3.05) is 13.2 Å². The van der Waals surface area contributed by atoms with E-state index in [-0.39, 0.29) is 31.1 Å². The number of esters is 3. The predicted molar refractivity (Wildman–Crippen MR) is 349 cm³/mol. The highest BCUT2D eigenvalue weighted by Crippen LogP contribution is 2.19. The van der Waals surface area contributed by atoms with E-state index in [9.17, 15) is 14.4 Å². The van der Waals surface area contributed by atoms with Gasteiger partial charge in [-0.05, 0) is 57.8 Å². The third-order valence-electron chi connectivity index (χ3n) is 16.4. The number of unbranched alkanes of at least 4 members (excludes halogenated alkanes) is 50. The molecule has 0 aromatic heterocycles. The van der Waals surface area contributed by atoms with Crippen molar-refractivity contribution in [3.63, 3.8) is 0 Å². The van der Waals surface area contributed by atoms with Gasteiger partial charge < -0.3 is 14.2 Å². The fourth-order valence-corrected chi connectivity index (χ4v) is 11.0. The van der Waals surface area contributed by atoms with Crippen molar-refractivity contribution < 1.29 is 28.6 Å². The van der Waals surface area contributed by atoms with Gasteiger partial charge in [-0.3, -0.25) is 14.4 Å². The van der Waals surface area contributed by atoms with Gasteiger partial charge in [-0.2, -0.15) is 0 Å². The van der Waals surface area contributed by atoms with Crippen LogP contribution in [-0.4, -0.2) is 37.2 Å². The van der Waals surface area contributed by atoms with Crippen molar-refractivity contribution in [2.24, 2.45) is 0 Å². The van der Waals surface area contributed by atoms with E-state index in [1.54, 1.807) is 0 Å². The van der Waals surface area contributed by atoms with Crippen molar-refractivity contribution in [3.8, 4) is 0 Å². The van der Waals surface area contributed by atoms with Gasteiger partial charge in [-0.1, -0.05) is 359 Å². The molecular formula is C74H138O6. The van der Waals surface area contributed by atoms with Crippen LogP contribution in [0.25, 0.3) is 0 Å². The van der Waals surface area contributed by atoms with E-state index in [1.165, 1.54) is 283 Å². The van der Waals surface area contributed by atoms with E-state index in [0.29, 0.717) is 19.3 Å². The van der Waals surface area contributed by atoms with Gasteiger partial charge in [0.1, 0.15) is 13.2 Å². The maximum atomic E-state index is 12.9. The number of ether oxygens (including phenoxy) is 3. The summed E-state index contributed by atoms with van der Waals surface area (Å²) < 4.78 is 16.9. The zero-order chi connectivity index (χ0) is 57.8. The maximum absolute atomic E-state index is 12.9. The van der Waals surface area contributed by atoms with Crippen LogP contribution >= 0.6 is 0 Å². The fourth-order valence-electron chi connectivity index (χ4n) is 11.0. The Kier molecular flexibility index (Phi) is 67.1. The Labute approximate surface area is 499 Å².